The van der Waals surface area contributed by atoms with Crippen molar-refractivity contribution in [1.29, 1.82) is 0 Å². The third kappa shape index (κ3) is 3.11. The van der Waals surface area contributed by atoms with Crippen LogP contribution in [-0.2, 0) is 6.54 Å². The van der Waals surface area contributed by atoms with Crippen LogP contribution in [0.3, 0.4) is 0 Å². The Morgan fingerprint density at radius 1 is 1.17 bits per heavy atom. The third-order valence-electron chi connectivity index (χ3n) is 3.50. The van der Waals surface area contributed by atoms with E-state index < -0.39 is 0 Å². The number of rotatable bonds is 5. The van der Waals surface area contributed by atoms with E-state index in [1.165, 1.54) is 0 Å². The molecule has 118 valence electrons. The Hall–Kier alpha value is -3.02. The predicted molar refractivity (Wildman–Crippen MR) is 91.1 cm³/mol. The van der Waals surface area contributed by atoms with E-state index in [0.717, 1.165) is 16.1 Å². The highest BCUT2D eigenvalue weighted by molar-refractivity contribution is 5.77. The molecule has 6 nitrogen and oxygen atoms in total. The number of nitrogens with one attached hydrogen (secondary N) is 1. The number of fused-ring (bicyclic) bond motifs is 1. The van der Waals surface area contributed by atoms with Gasteiger partial charge in [-0.15, -0.1) is 0 Å². The largest absolute Gasteiger partial charge is 0.494 e. The van der Waals surface area contributed by atoms with Crippen LogP contribution in [0.4, 0.5) is 5.69 Å². The molecule has 0 saturated heterocycles. The van der Waals surface area contributed by atoms with Crippen LogP contribution in [0.25, 0.3) is 10.9 Å². The molecule has 0 spiro atoms. The Morgan fingerprint density at radius 2 is 1.91 bits per heavy atom. The van der Waals surface area contributed by atoms with Crippen molar-refractivity contribution in [1.82, 2.24) is 9.66 Å². The molecule has 0 aliphatic heterocycles. The highest BCUT2D eigenvalue weighted by Gasteiger charge is 2.08. The van der Waals surface area contributed by atoms with E-state index >= 15 is 0 Å². The van der Waals surface area contributed by atoms with Crippen LogP contribution in [-0.4, -0.2) is 16.3 Å². The lowest BCUT2D eigenvalue weighted by Crippen LogP contribution is -2.32. The fourth-order valence-corrected chi connectivity index (χ4v) is 2.33. The summed E-state index contributed by atoms with van der Waals surface area (Å²) in [5, 5.41) is 3.72. The van der Waals surface area contributed by atoms with Crippen molar-refractivity contribution in [2.75, 3.05) is 17.8 Å². The minimum atomic E-state index is -0.251. The van der Waals surface area contributed by atoms with Gasteiger partial charge in [-0.3, -0.25) is 4.79 Å². The van der Waals surface area contributed by atoms with Gasteiger partial charge >= 0.3 is 0 Å². The van der Waals surface area contributed by atoms with Gasteiger partial charge in [-0.05, 0) is 43.3 Å². The summed E-state index contributed by atoms with van der Waals surface area (Å²) >= 11 is 0. The lowest BCUT2D eigenvalue weighted by molar-refractivity contribution is 0.340. The van der Waals surface area contributed by atoms with Crippen molar-refractivity contribution in [3.05, 3.63) is 64.7 Å². The molecule has 3 aromatic rings. The molecule has 1 heterocycles. The maximum absolute atomic E-state index is 12.2. The average molecular weight is 310 g/mol. The zero-order chi connectivity index (χ0) is 16.2. The van der Waals surface area contributed by atoms with E-state index in [0.29, 0.717) is 29.9 Å². The van der Waals surface area contributed by atoms with Crippen LogP contribution in [0.2, 0.25) is 0 Å². The SMILES string of the molecule is CCOc1ccc(NCc2nc3ccccc3c(=O)n2N)cc1. The molecule has 3 N–H and O–H groups in total. The van der Waals surface area contributed by atoms with Crippen molar-refractivity contribution in [3.63, 3.8) is 0 Å². The summed E-state index contributed by atoms with van der Waals surface area (Å²) in [6.45, 7) is 2.93. The number of aromatic nitrogens is 2. The minimum absolute atomic E-state index is 0.251. The zero-order valence-corrected chi connectivity index (χ0v) is 12.8. The number of nitrogens with zero attached hydrogens (tertiary/aromatic N) is 2. The monoisotopic (exact) mass is 310 g/mol. The fourth-order valence-electron chi connectivity index (χ4n) is 2.33. The number of benzene rings is 2. The van der Waals surface area contributed by atoms with Gasteiger partial charge < -0.3 is 15.9 Å². The number of nitrogen functional groups attached to an aromatic ring is 1. The van der Waals surface area contributed by atoms with Crippen molar-refractivity contribution in [2.45, 2.75) is 13.5 Å². The van der Waals surface area contributed by atoms with Gasteiger partial charge in [0.05, 0.1) is 24.1 Å². The fraction of sp³-hybridized carbons (Fsp3) is 0.176. The van der Waals surface area contributed by atoms with Gasteiger partial charge in [-0.1, -0.05) is 12.1 Å². The van der Waals surface area contributed by atoms with E-state index in [9.17, 15) is 4.79 Å². The Kier molecular flexibility index (Phi) is 4.14. The molecule has 23 heavy (non-hydrogen) atoms. The highest BCUT2D eigenvalue weighted by atomic mass is 16.5. The Labute approximate surface area is 133 Å². The first-order chi connectivity index (χ1) is 11.2. The van der Waals surface area contributed by atoms with Gasteiger partial charge in [0.25, 0.3) is 5.56 Å². The van der Waals surface area contributed by atoms with Crippen molar-refractivity contribution in [3.8, 4) is 5.75 Å². The van der Waals surface area contributed by atoms with Gasteiger partial charge in [0.1, 0.15) is 5.75 Å². The maximum Gasteiger partial charge on any atom is 0.279 e. The molecular formula is C17H18N4O2. The predicted octanol–water partition coefficient (Wildman–Crippen LogP) is 2.12. The summed E-state index contributed by atoms with van der Waals surface area (Å²) in [4.78, 5) is 16.7. The summed E-state index contributed by atoms with van der Waals surface area (Å²) in [5.74, 6) is 7.15. The summed E-state index contributed by atoms with van der Waals surface area (Å²) in [6.07, 6.45) is 0. The number of hydrogen-bond donors (Lipinski definition) is 2. The van der Waals surface area contributed by atoms with Crippen LogP contribution in [0.15, 0.2) is 53.3 Å². The molecule has 0 unspecified atom stereocenters. The minimum Gasteiger partial charge on any atom is -0.494 e. The van der Waals surface area contributed by atoms with Gasteiger partial charge in [-0.25, -0.2) is 9.66 Å². The molecule has 0 bridgehead atoms. The first kappa shape index (κ1) is 14.9. The molecule has 0 atom stereocenters. The maximum atomic E-state index is 12.2. The highest BCUT2D eigenvalue weighted by Crippen LogP contribution is 2.16. The smallest absolute Gasteiger partial charge is 0.279 e. The molecule has 0 amide bonds. The number of nitrogens with two attached hydrogens (primary N) is 1. The second-order valence-corrected chi connectivity index (χ2v) is 5.03. The number of hydrogen-bond acceptors (Lipinski definition) is 5. The Morgan fingerprint density at radius 3 is 2.65 bits per heavy atom. The van der Waals surface area contributed by atoms with Crippen molar-refractivity contribution in [2.24, 2.45) is 0 Å². The molecule has 3 rings (SSSR count). The van der Waals surface area contributed by atoms with Gasteiger partial charge in [0, 0.05) is 5.69 Å². The summed E-state index contributed by atoms with van der Waals surface area (Å²) in [5.41, 5.74) is 1.29. The molecule has 0 aliphatic carbocycles. The van der Waals surface area contributed by atoms with Crippen LogP contribution < -0.4 is 21.5 Å². The van der Waals surface area contributed by atoms with E-state index in [-0.39, 0.29) is 5.56 Å². The standard InChI is InChI=1S/C17H18N4O2/c1-2-23-13-9-7-12(8-10-13)19-11-16-20-15-6-4-3-5-14(15)17(22)21(16)18/h3-10,19H,2,11,18H2,1H3. The molecule has 6 heteroatoms. The lowest BCUT2D eigenvalue weighted by Gasteiger charge is -2.11. The van der Waals surface area contributed by atoms with E-state index in [1.54, 1.807) is 18.2 Å². The molecule has 2 aromatic carbocycles. The Balaban J connectivity index is 1.81. The molecular weight excluding hydrogens is 292 g/mol. The van der Waals surface area contributed by atoms with Gasteiger partial charge in [0.15, 0.2) is 5.82 Å². The third-order valence-corrected chi connectivity index (χ3v) is 3.50. The first-order valence-corrected chi connectivity index (χ1v) is 7.41. The van der Waals surface area contributed by atoms with Gasteiger partial charge in [0.2, 0.25) is 0 Å². The number of ether oxygens (including phenoxy) is 1. The summed E-state index contributed by atoms with van der Waals surface area (Å²) < 4.78 is 6.49. The van der Waals surface area contributed by atoms with E-state index in [4.69, 9.17) is 10.6 Å². The van der Waals surface area contributed by atoms with Crippen LogP contribution >= 0.6 is 0 Å². The van der Waals surface area contributed by atoms with E-state index in [1.807, 2.05) is 37.3 Å². The molecule has 1 aromatic heterocycles. The van der Waals surface area contributed by atoms with Crippen LogP contribution in [0.1, 0.15) is 12.7 Å². The lowest BCUT2D eigenvalue weighted by atomic mass is 10.2. The normalized spacial score (nSPS) is 10.7. The average Bonchev–Trinajstić information content (AvgIpc) is 2.58. The second kappa shape index (κ2) is 6.39. The van der Waals surface area contributed by atoms with E-state index in [2.05, 4.69) is 10.3 Å². The summed E-state index contributed by atoms with van der Waals surface area (Å²) in [7, 11) is 0. The van der Waals surface area contributed by atoms with Crippen molar-refractivity contribution >= 4 is 16.6 Å². The number of anilines is 1. The van der Waals surface area contributed by atoms with Crippen LogP contribution in [0, 0.1) is 0 Å². The molecule has 0 aliphatic rings. The topological polar surface area (TPSA) is 82.2 Å². The Bertz CT molecular complexity index is 872. The first-order valence-electron chi connectivity index (χ1n) is 7.41. The molecule has 0 saturated carbocycles. The molecule has 0 fully saturated rings. The second-order valence-electron chi connectivity index (χ2n) is 5.03. The quantitative estimate of drug-likeness (QED) is 0.705. The van der Waals surface area contributed by atoms with Crippen molar-refractivity contribution < 1.29 is 4.74 Å². The molecule has 0 radical (unpaired) electrons. The number of para-hydroxylation sites is 1. The van der Waals surface area contributed by atoms with Crippen LogP contribution in [0.5, 0.6) is 5.75 Å². The van der Waals surface area contributed by atoms with Gasteiger partial charge in [-0.2, -0.15) is 0 Å². The zero-order valence-electron chi connectivity index (χ0n) is 12.8. The summed E-state index contributed by atoms with van der Waals surface area (Å²) in [6, 6.07) is 14.7.